The molecule has 1 heterocycles. The summed E-state index contributed by atoms with van der Waals surface area (Å²) in [6.45, 7) is 0. The first kappa shape index (κ1) is 9.86. The summed E-state index contributed by atoms with van der Waals surface area (Å²) in [7, 11) is 0. The number of benzene rings is 1. The minimum absolute atomic E-state index is 0.174. The Balaban J connectivity index is 2.46. The van der Waals surface area contributed by atoms with Crippen LogP contribution < -0.4 is 5.73 Å². The van der Waals surface area contributed by atoms with Gasteiger partial charge in [0.1, 0.15) is 17.4 Å². The van der Waals surface area contributed by atoms with E-state index < -0.39 is 17.7 Å². The van der Waals surface area contributed by atoms with Gasteiger partial charge in [0.25, 0.3) is 0 Å². The quantitative estimate of drug-likeness (QED) is 0.825. The molecule has 4 heteroatoms. The van der Waals surface area contributed by atoms with Crippen LogP contribution in [0.5, 0.6) is 0 Å². The van der Waals surface area contributed by atoms with E-state index in [1.165, 1.54) is 24.5 Å². The number of nitrogens with two attached hydrogens (primary N) is 1. The number of hydrogen-bond acceptors (Lipinski definition) is 2. The van der Waals surface area contributed by atoms with Gasteiger partial charge in [-0.1, -0.05) is 6.07 Å². The minimum atomic E-state index is -0.916. The van der Waals surface area contributed by atoms with Gasteiger partial charge in [0, 0.05) is 5.56 Å². The summed E-state index contributed by atoms with van der Waals surface area (Å²) in [6.07, 6.45) is 1.41. The fraction of sp³-hybridized carbons (Fsp3) is 0.0909. The van der Waals surface area contributed by atoms with Gasteiger partial charge in [0.05, 0.1) is 12.3 Å². The Hall–Kier alpha value is -1.68. The Kier molecular flexibility index (Phi) is 2.51. The van der Waals surface area contributed by atoms with Crippen LogP contribution in [0.15, 0.2) is 41.0 Å². The Bertz CT molecular complexity index is 433. The van der Waals surface area contributed by atoms with Crippen molar-refractivity contribution in [3.8, 4) is 0 Å². The molecular weight excluding hydrogens is 200 g/mol. The Morgan fingerprint density at radius 1 is 1.07 bits per heavy atom. The molecule has 0 aliphatic heterocycles. The lowest BCUT2D eigenvalue weighted by Crippen LogP contribution is -2.14. The second-order valence-corrected chi connectivity index (χ2v) is 3.13. The summed E-state index contributed by atoms with van der Waals surface area (Å²) in [5.74, 6) is -1.00. The third kappa shape index (κ3) is 1.76. The smallest absolute Gasteiger partial charge is 0.131 e. The summed E-state index contributed by atoms with van der Waals surface area (Å²) in [5.41, 5.74) is 5.52. The number of rotatable bonds is 2. The van der Waals surface area contributed by atoms with Crippen LogP contribution in [0.1, 0.15) is 17.4 Å². The summed E-state index contributed by atoms with van der Waals surface area (Å²) in [4.78, 5) is 0. The predicted octanol–water partition coefficient (Wildman–Crippen LogP) is 2.61. The van der Waals surface area contributed by atoms with Gasteiger partial charge in [0.15, 0.2) is 0 Å². The van der Waals surface area contributed by atoms with Crippen LogP contribution in [0.3, 0.4) is 0 Å². The van der Waals surface area contributed by atoms with Gasteiger partial charge in [-0.2, -0.15) is 0 Å². The summed E-state index contributed by atoms with van der Waals surface area (Å²) in [6, 6.07) is 5.91. The maximum Gasteiger partial charge on any atom is 0.131 e. The van der Waals surface area contributed by atoms with Crippen LogP contribution in [0, 0.1) is 11.6 Å². The number of hydrogen-bond donors (Lipinski definition) is 1. The molecule has 2 N–H and O–H groups in total. The molecule has 1 atom stereocenters. The molecule has 0 saturated carbocycles. The first-order valence-corrected chi connectivity index (χ1v) is 4.43. The fourth-order valence-corrected chi connectivity index (χ4v) is 1.42. The van der Waals surface area contributed by atoms with E-state index in [9.17, 15) is 8.78 Å². The van der Waals surface area contributed by atoms with Crippen molar-refractivity contribution in [1.29, 1.82) is 0 Å². The SMILES string of the molecule is NC(c1ccco1)c1c(F)cccc1F. The maximum atomic E-state index is 13.3. The molecule has 0 aliphatic rings. The molecule has 0 amide bonds. The van der Waals surface area contributed by atoms with E-state index in [0.29, 0.717) is 5.76 Å². The summed E-state index contributed by atoms with van der Waals surface area (Å²) >= 11 is 0. The molecule has 78 valence electrons. The molecule has 1 unspecified atom stereocenters. The highest BCUT2D eigenvalue weighted by molar-refractivity contribution is 5.28. The molecule has 0 fully saturated rings. The number of halogens is 2. The molecule has 1 aromatic carbocycles. The predicted molar refractivity (Wildman–Crippen MR) is 51.1 cm³/mol. The van der Waals surface area contributed by atoms with Gasteiger partial charge in [-0.15, -0.1) is 0 Å². The normalized spacial score (nSPS) is 12.7. The highest BCUT2D eigenvalue weighted by atomic mass is 19.1. The average Bonchev–Trinajstić information content (AvgIpc) is 2.69. The van der Waals surface area contributed by atoms with E-state index in [2.05, 4.69) is 0 Å². The van der Waals surface area contributed by atoms with Gasteiger partial charge in [-0.05, 0) is 24.3 Å². The second-order valence-electron chi connectivity index (χ2n) is 3.13. The molecular formula is C11H9F2NO. The van der Waals surface area contributed by atoms with Crippen molar-refractivity contribution in [1.82, 2.24) is 0 Å². The first-order chi connectivity index (χ1) is 7.20. The molecule has 2 rings (SSSR count). The fourth-order valence-electron chi connectivity index (χ4n) is 1.42. The van der Waals surface area contributed by atoms with Crippen molar-refractivity contribution in [2.24, 2.45) is 5.73 Å². The van der Waals surface area contributed by atoms with Crippen molar-refractivity contribution < 1.29 is 13.2 Å². The molecule has 15 heavy (non-hydrogen) atoms. The first-order valence-electron chi connectivity index (χ1n) is 4.43. The van der Waals surface area contributed by atoms with E-state index >= 15 is 0 Å². The molecule has 2 aromatic rings. The standard InChI is InChI=1S/C11H9F2NO/c12-7-3-1-4-8(13)10(7)11(14)9-5-2-6-15-9/h1-6,11H,14H2. The lowest BCUT2D eigenvalue weighted by molar-refractivity contribution is 0.466. The average molecular weight is 209 g/mol. The largest absolute Gasteiger partial charge is 0.467 e. The van der Waals surface area contributed by atoms with Crippen LogP contribution in [0.2, 0.25) is 0 Å². The molecule has 0 aliphatic carbocycles. The third-order valence-corrected chi connectivity index (χ3v) is 2.16. The van der Waals surface area contributed by atoms with Gasteiger partial charge < -0.3 is 10.2 Å². The highest BCUT2D eigenvalue weighted by Gasteiger charge is 2.19. The topological polar surface area (TPSA) is 39.2 Å². The molecule has 2 nitrogen and oxygen atoms in total. The van der Waals surface area contributed by atoms with Crippen LogP contribution in [-0.2, 0) is 0 Å². The molecule has 0 spiro atoms. The molecule has 0 bridgehead atoms. The van der Waals surface area contributed by atoms with E-state index in [1.54, 1.807) is 12.1 Å². The zero-order valence-electron chi connectivity index (χ0n) is 7.78. The van der Waals surface area contributed by atoms with Crippen LogP contribution in [0.4, 0.5) is 8.78 Å². The van der Waals surface area contributed by atoms with Crippen LogP contribution in [-0.4, -0.2) is 0 Å². The van der Waals surface area contributed by atoms with Crippen molar-refractivity contribution in [2.75, 3.05) is 0 Å². The number of furan rings is 1. The zero-order valence-corrected chi connectivity index (χ0v) is 7.78. The zero-order chi connectivity index (χ0) is 10.8. The van der Waals surface area contributed by atoms with Crippen molar-refractivity contribution in [2.45, 2.75) is 6.04 Å². The molecule has 1 aromatic heterocycles. The van der Waals surface area contributed by atoms with Gasteiger partial charge in [0.2, 0.25) is 0 Å². The Labute approximate surface area is 85.3 Å². The van der Waals surface area contributed by atoms with Gasteiger partial charge in [-0.25, -0.2) is 8.78 Å². The second kappa shape index (κ2) is 3.82. The third-order valence-electron chi connectivity index (χ3n) is 2.16. The monoisotopic (exact) mass is 209 g/mol. The molecule has 0 radical (unpaired) electrons. The molecule has 0 saturated heterocycles. The van der Waals surface area contributed by atoms with Gasteiger partial charge in [-0.3, -0.25) is 0 Å². The lowest BCUT2D eigenvalue weighted by atomic mass is 10.0. The van der Waals surface area contributed by atoms with Crippen LogP contribution >= 0.6 is 0 Å². The van der Waals surface area contributed by atoms with Gasteiger partial charge >= 0.3 is 0 Å². The Morgan fingerprint density at radius 2 is 1.73 bits per heavy atom. The highest BCUT2D eigenvalue weighted by Crippen LogP contribution is 2.24. The van der Waals surface area contributed by atoms with E-state index in [1.807, 2.05) is 0 Å². The van der Waals surface area contributed by atoms with Crippen molar-refractivity contribution in [3.05, 3.63) is 59.6 Å². The van der Waals surface area contributed by atoms with Crippen molar-refractivity contribution >= 4 is 0 Å². The van der Waals surface area contributed by atoms with E-state index in [4.69, 9.17) is 10.2 Å². The maximum absolute atomic E-state index is 13.3. The minimum Gasteiger partial charge on any atom is -0.467 e. The summed E-state index contributed by atoms with van der Waals surface area (Å²) < 4.78 is 31.7. The van der Waals surface area contributed by atoms with Crippen LogP contribution in [0.25, 0.3) is 0 Å². The summed E-state index contributed by atoms with van der Waals surface area (Å²) in [5, 5.41) is 0. The van der Waals surface area contributed by atoms with E-state index in [-0.39, 0.29) is 5.56 Å². The van der Waals surface area contributed by atoms with Crippen molar-refractivity contribution in [3.63, 3.8) is 0 Å². The lowest BCUT2D eigenvalue weighted by Gasteiger charge is -2.10. The Morgan fingerprint density at radius 3 is 2.27 bits per heavy atom. The van der Waals surface area contributed by atoms with E-state index in [0.717, 1.165) is 0 Å².